The van der Waals surface area contributed by atoms with E-state index < -0.39 is 0 Å². The Balaban J connectivity index is 2.16. The molecule has 2 N–H and O–H groups in total. The summed E-state index contributed by atoms with van der Waals surface area (Å²) in [5, 5.41) is 0. The maximum atomic E-state index is 12.1. The molecule has 20 heavy (non-hydrogen) atoms. The Labute approximate surface area is 126 Å². The molecule has 0 spiro atoms. The predicted molar refractivity (Wildman–Crippen MR) is 84.2 cm³/mol. The Morgan fingerprint density at radius 1 is 1.30 bits per heavy atom. The fourth-order valence-corrected chi connectivity index (χ4v) is 2.40. The fourth-order valence-electron chi connectivity index (χ4n) is 1.94. The molecule has 4 nitrogen and oxygen atoms in total. The van der Waals surface area contributed by atoms with Crippen LogP contribution in [0.1, 0.15) is 11.1 Å². The zero-order valence-electron chi connectivity index (χ0n) is 11.5. The van der Waals surface area contributed by atoms with Crippen molar-refractivity contribution >= 4 is 21.6 Å². The average molecular weight is 337 g/mol. The van der Waals surface area contributed by atoms with Crippen LogP contribution in [0.15, 0.2) is 39.7 Å². The van der Waals surface area contributed by atoms with Gasteiger partial charge in [-0.15, -0.1) is 0 Å². The number of rotatable bonds is 4. The smallest absolute Gasteiger partial charge is 0.265 e. The van der Waals surface area contributed by atoms with Crippen LogP contribution in [0.5, 0.6) is 5.75 Å². The van der Waals surface area contributed by atoms with Crippen LogP contribution in [0.2, 0.25) is 0 Å². The predicted octanol–water partition coefficient (Wildman–Crippen LogP) is 2.75. The third-order valence-electron chi connectivity index (χ3n) is 3.31. The second-order valence-electron chi connectivity index (χ2n) is 4.62. The summed E-state index contributed by atoms with van der Waals surface area (Å²) in [5.41, 5.74) is 8.39. The first-order valence-electron chi connectivity index (χ1n) is 6.31. The Bertz CT molecular complexity index is 663. The van der Waals surface area contributed by atoms with Crippen molar-refractivity contribution in [3.63, 3.8) is 0 Å². The van der Waals surface area contributed by atoms with Crippen molar-refractivity contribution in [3.8, 4) is 5.75 Å². The third-order valence-corrected chi connectivity index (χ3v) is 4.24. The molecule has 0 amide bonds. The zero-order valence-corrected chi connectivity index (χ0v) is 13.1. The summed E-state index contributed by atoms with van der Waals surface area (Å²) >= 11 is 3.30. The summed E-state index contributed by atoms with van der Waals surface area (Å²) in [6.45, 7) is 2.42. The summed E-state index contributed by atoms with van der Waals surface area (Å²) in [6.07, 6.45) is 2.46. The summed E-state index contributed by atoms with van der Waals surface area (Å²) in [6, 6.07) is 7.82. The molecule has 106 valence electrons. The minimum atomic E-state index is -0.0507. The van der Waals surface area contributed by atoms with Gasteiger partial charge in [-0.2, -0.15) is 0 Å². The maximum Gasteiger partial charge on any atom is 0.265 e. The van der Waals surface area contributed by atoms with Crippen molar-refractivity contribution in [3.05, 3.63) is 56.4 Å². The molecule has 0 unspecified atom stereocenters. The van der Waals surface area contributed by atoms with Gasteiger partial charge in [-0.3, -0.25) is 4.79 Å². The van der Waals surface area contributed by atoms with Crippen LogP contribution in [-0.2, 0) is 13.0 Å². The second-order valence-corrected chi connectivity index (χ2v) is 5.41. The lowest BCUT2D eigenvalue weighted by atomic mass is 10.1. The van der Waals surface area contributed by atoms with E-state index in [1.807, 2.05) is 31.2 Å². The van der Waals surface area contributed by atoms with E-state index >= 15 is 0 Å². The first kappa shape index (κ1) is 14.7. The number of hydrogen-bond donors (Lipinski definition) is 1. The van der Waals surface area contributed by atoms with Crippen molar-refractivity contribution in [2.45, 2.75) is 19.9 Å². The van der Waals surface area contributed by atoms with Gasteiger partial charge in [-0.25, -0.2) is 0 Å². The van der Waals surface area contributed by atoms with Crippen LogP contribution in [0.25, 0.3) is 0 Å². The Kier molecular flexibility index (Phi) is 4.49. The number of nitrogen functional groups attached to an aromatic ring is 1. The number of aromatic nitrogens is 1. The summed E-state index contributed by atoms with van der Waals surface area (Å²) in [4.78, 5) is 12.1. The number of hydrogen-bond acceptors (Lipinski definition) is 3. The number of aryl methyl sites for hydroxylation is 2. The summed E-state index contributed by atoms with van der Waals surface area (Å²) in [5.74, 6) is 0.827. The molecule has 0 aliphatic heterocycles. The van der Waals surface area contributed by atoms with Gasteiger partial charge >= 0.3 is 0 Å². The van der Waals surface area contributed by atoms with Crippen molar-refractivity contribution in [1.82, 2.24) is 4.57 Å². The topological polar surface area (TPSA) is 57.2 Å². The van der Waals surface area contributed by atoms with Crippen molar-refractivity contribution in [1.29, 1.82) is 0 Å². The van der Waals surface area contributed by atoms with Gasteiger partial charge in [-0.1, -0.05) is 12.1 Å². The SMILES string of the molecule is COc1ccc(CCn2cc(N)c(C)c(Br)c2=O)cc1. The van der Waals surface area contributed by atoms with Gasteiger partial charge in [0.2, 0.25) is 0 Å². The van der Waals surface area contributed by atoms with E-state index in [2.05, 4.69) is 15.9 Å². The molecule has 2 rings (SSSR count). The highest BCUT2D eigenvalue weighted by Crippen LogP contribution is 2.17. The first-order valence-corrected chi connectivity index (χ1v) is 7.10. The minimum Gasteiger partial charge on any atom is -0.497 e. The molecule has 5 heteroatoms. The molecule has 0 saturated heterocycles. The second kappa shape index (κ2) is 6.13. The molecule has 0 aliphatic carbocycles. The highest BCUT2D eigenvalue weighted by molar-refractivity contribution is 9.10. The zero-order chi connectivity index (χ0) is 14.7. The lowest BCUT2D eigenvalue weighted by Crippen LogP contribution is -2.23. The number of ether oxygens (including phenoxy) is 1. The maximum absolute atomic E-state index is 12.1. The van der Waals surface area contributed by atoms with Gasteiger partial charge in [-0.05, 0) is 52.5 Å². The first-order chi connectivity index (χ1) is 9.52. The molecule has 0 fully saturated rings. The molecule has 1 heterocycles. The molecule has 0 atom stereocenters. The van der Waals surface area contributed by atoms with E-state index in [1.165, 1.54) is 0 Å². The van der Waals surface area contributed by atoms with Crippen LogP contribution < -0.4 is 16.0 Å². The fraction of sp³-hybridized carbons (Fsp3) is 0.267. The monoisotopic (exact) mass is 336 g/mol. The van der Waals surface area contributed by atoms with Crippen molar-refractivity contribution in [2.24, 2.45) is 0 Å². The number of nitrogens with zero attached hydrogens (tertiary/aromatic N) is 1. The molecule has 0 bridgehead atoms. The van der Waals surface area contributed by atoms with Crippen molar-refractivity contribution < 1.29 is 4.74 Å². The number of pyridine rings is 1. The van der Waals surface area contributed by atoms with E-state index in [1.54, 1.807) is 17.9 Å². The van der Waals surface area contributed by atoms with Crippen LogP contribution in [0.3, 0.4) is 0 Å². The van der Waals surface area contributed by atoms with E-state index in [9.17, 15) is 4.79 Å². The number of benzene rings is 1. The molecule has 0 radical (unpaired) electrons. The van der Waals surface area contributed by atoms with Crippen molar-refractivity contribution in [2.75, 3.05) is 12.8 Å². The Morgan fingerprint density at radius 3 is 2.55 bits per heavy atom. The van der Waals surface area contributed by atoms with Gasteiger partial charge < -0.3 is 15.0 Å². The normalized spacial score (nSPS) is 10.6. The molecule has 0 aliphatic rings. The van der Waals surface area contributed by atoms with E-state index in [4.69, 9.17) is 10.5 Å². The molecule has 2 aromatic rings. The van der Waals surface area contributed by atoms with Gasteiger partial charge in [0.15, 0.2) is 0 Å². The minimum absolute atomic E-state index is 0.0507. The van der Waals surface area contributed by atoms with E-state index in [0.717, 1.165) is 23.3 Å². The van der Waals surface area contributed by atoms with Gasteiger partial charge in [0.25, 0.3) is 5.56 Å². The van der Waals surface area contributed by atoms with E-state index in [0.29, 0.717) is 16.7 Å². The molecular weight excluding hydrogens is 320 g/mol. The number of nitrogens with two attached hydrogens (primary N) is 1. The van der Waals surface area contributed by atoms with Gasteiger partial charge in [0, 0.05) is 12.7 Å². The highest BCUT2D eigenvalue weighted by atomic mass is 79.9. The Hall–Kier alpha value is -1.75. The molecule has 0 saturated carbocycles. The average Bonchev–Trinajstić information content (AvgIpc) is 2.48. The van der Waals surface area contributed by atoms with E-state index in [-0.39, 0.29) is 5.56 Å². The number of anilines is 1. The quantitative estimate of drug-likeness (QED) is 0.933. The molecule has 1 aromatic carbocycles. The molecule has 1 aromatic heterocycles. The van der Waals surface area contributed by atoms with Crippen LogP contribution in [0, 0.1) is 6.92 Å². The van der Waals surface area contributed by atoms with Crippen LogP contribution >= 0.6 is 15.9 Å². The lowest BCUT2D eigenvalue weighted by Gasteiger charge is -2.10. The lowest BCUT2D eigenvalue weighted by molar-refractivity contribution is 0.414. The highest BCUT2D eigenvalue weighted by Gasteiger charge is 2.08. The number of halogens is 1. The van der Waals surface area contributed by atoms with Gasteiger partial charge in [0.1, 0.15) is 5.75 Å². The van der Waals surface area contributed by atoms with Gasteiger partial charge in [0.05, 0.1) is 17.3 Å². The van der Waals surface area contributed by atoms with Crippen LogP contribution in [-0.4, -0.2) is 11.7 Å². The standard InChI is InChI=1S/C15H17BrN2O2/c1-10-13(17)9-18(15(19)14(10)16)8-7-11-3-5-12(20-2)6-4-11/h3-6,9H,7-8,17H2,1-2H3. The number of methoxy groups -OCH3 is 1. The largest absolute Gasteiger partial charge is 0.497 e. The third kappa shape index (κ3) is 3.04. The molecular formula is C15H17BrN2O2. The Morgan fingerprint density at radius 2 is 1.95 bits per heavy atom. The van der Waals surface area contributed by atoms with Crippen LogP contribution in [0.4, 0.5) is 5.69 Å². The summed E-state index contributed by atoms with van der Waals surface area (Å²) < 4.78 is 7.29. The summed E-state index contributed by atoms with van der Waals surface area (Å²) in [7, 11) is 1.64.